The molecule has 2 rings (SSSR count). The molecule has 0 saturated heterocycles. The molecule has 1 heterocycles. The van der Waals surface area contributed by atoms with Gasteiger partial charge < -0.3 is 10.3 Å². The van der Waals surface area contributed by atoms with Crippen molar-refractivity contribution in [3.05, 3.63) is 53.1 Å². The monoisotopic (exact) mass is 221 g/mol. The fraction of sp³-hybridized carbons (Fsp3) is 0.182. The zero-order chi connectivity index (χ0) is 10.5. The van der Waals surface area contributed by atoms with Crippen LogP contribution < -0.4 is 5.32 Å². The van der Waals surface area contributed by atoms with Crippen molar-refractivity contribution in [1.29, 1.82) is 0 Å². The first-order valence-electron chi connectivity index (χ1n) is 4.78. The Hall–Kier alpha value is -1.32. The van der Waals surface area contributed by atoms with E-state index in [1.807, 2.05) is 30.5 Å². The van der Waals surface area contributed by atoms with E-state index in [4.69, 9.17) is 11.6 Å². The zero-order valence-electron chi connectivity index (χ0n) is 8.20. The van der Waals surface area contributed by atoms with Gasteiger partial charge in [0.15, 0.2) is 0 Å². The standard InChI is InChI=1S/C11H12ClN3/c12-10-3-1-9(2-4-10)7-13-8-11-14-5-6-15-11/h1-6,13H,7-8H2,(H,14,15). The summed E-state index contributed by atoms with van der Waals surface area (Å²) < 4.78 is 0. The van der Waals surface area contributed by atoms with E-state index in [1.165, 1.54) is 5.56 Å². The maximum Gasteiger partial charge on any atom is 0.120 e. The molecular formula is C11H12ClN3. The van der Waals surface area contributed by atoms with E-state index in [9.17, 15) is 0 Å². The summed E-state index contributed by atoms with van der Waals surface area (Å²) in [6.07, 6.45) is 3.57. The van der Waals surface area contributed by atoms with Crippen LogP contribution in [0.15, 0.2) is 36.7 Å². The van der Waals surface area contributed by atoms with Gasteiger partial charge >= 0.3 is 0 Å². The van der Waals surface area contributed by atoms with Gasteiger partial charge in [0, 0.05) is 24.0 Å². The zero-order valence-corrected chi connectivity index (χ0v) is 8.96. The van der Waals surface area contributed by atoms with Gasteiger partial charge in [-0.05, 0) is 17.7 Å². The average Bonchev–Trinajstić information content (AvgIpc) is 2.74. The van der Waals surface area contributed by atoms with Crippen LogP contribution in [-0.4, -0.2) is 9.97 Å². The lowest BCUT2D eigenvalue weighted by atomic mass is 10.2. The molecule has 2 N–H and O–H groups in total. The molecule has 0 fully saturated rings. The number of halogens is 1. The Morgan fingerprint density at radius 1 is 1.20 bits per heavy atom. The lowest BCUT2D eigenvalue weighted by Gasteiger charge is -2.02. The molecule has 3 nitrogen and oxygen atoms in total. The minimum Gasteiger partial charge on any atom is -0.348 e. The number of aromatic amines is 1. The Labute approximate surface area is 93.5 Å². The summed E-state index contributed by atoms with van der Waals surface area (Å²) in [6.45, 7) is 1.56. The molecule has 0 aliphatic heterocycles. The van der Waals surface area contributed by atoms with E-state index in [-0.39, 0.29) is 0 Å². The Kier molecular flexibility index (Phi) is 3.37. The number of benzene rings is 1. The first-order chi connectivity index (χ1) is 7.34. The van der Waals surface area contributed by atoms with Gasteiger partial charge in [-0.25, -0.2) is 4.98 Å². The van der Waals surface area contributed by atoms with E-state index in [0.717, 1.165) is 23.9 Å². The maximum absolute atomic E-state index is 5.79. The first-order valence-corrected chi connectivity index (χ1v) is 5.16. The third-order valence-electron chi connectivity index (χ3n) is 2.09. The molecule has 0 aliphatic rings. The second-order valence-corrected chi connectivity index (χ2v) is 3.70. The number of nitrogens with zero attached hydrogens (tertiary/aromatic N) is 1. The molecule has 0 amide bonds. The van der Waals surface area contributed by atoms with Gasteiger partial charge in [-0.1, -0.05) is 23.7 Å². The van der Waals surface area contributed by atoms with Crippen molar-refractivity contribution in [2.45, 2.75) is 13.1 Å². The van der Waals surface area contributed by atoms with Crippen LogP contribution in [0, 0.1) is 0 Å². The number of aromatic nitrogens is 2. The minimum atomic E-state index is 0.746. The van der Waals surface area contributed by atoms with Gasteiger partial charge in [-0.2, -0.15) is 0 Å². The van der Waals surface area contributed by atoms with Gasteiger partial charge in [-0.3, -0.25) is 0 Å². The average molecular weight is 222 g/mol. The Morgan fingerprint density at radius 2 is 2.00 bits per heavy atom. The third kappa shape index (κ3) is 3.08. The predicted molar refractivity (Wildman–Crippen MR) is 60.6 cm³/mol. The van der Waals surface area contributed by atoms with E-state index in [1.54, 1.807) is 6.20 Å². The molecule has 1 aromatic heterocycles. The minimum absolute atomic E-state index is 0.746. The summed E-state index contributed by atoms with van der Waals surface area (Å²) in [4.78, 5) is 7.16. The molecule has 0 aliphatic carbocycles. The van der Waals surface area contributed by atoms with Crippen LogP contribution >= 0.6 is 11.6 Å². The Balaban J connectivity index is 1.81. The number of rotatable bonds is 4. The molecule has 0 saturated carbocycles. The summed E-state index contributed by atoms with van der Waals surface area (Å²) in [5.41, 5.74) is 1.21. The van der Waals surface area contributed by atoms with Crippen LogP contribution in [0.2, 0.25) is 5.02 Å². The SMILES string of the molecule is Clc1ccc(CNCc2ncc[nH]2)cc1. The second-order valence-electron chi connectivity index (χ2n) is 3.27. The highest BCUT2D eigenvalue weighted by Gasteiger charge is 1.95. The van der Waals surface area contributed by atoms with Crippen LogP contribution in [0.5, 0.6) is 0 Å². The molecule has 2 aromatic rings. The molecule has 0 spiro atoms. The summed E-state index contributed by atoms with van der Waals surface area (Å²) in [6, 6.07) is 7.81. The lowest BCUT2D eigenvalue weighted by Crippen LogP contribution is -2.13. The van der Waals surface area contributed by atoms with Crippen LogP contribution in [-0.2, 0) is 13.1 Å². The van der Waals surface area contributed by atoms with Crippen molar-refractivity contribution in [3.63, 3.8) is 0 Å². The molecule has 0 radical (unpaired) electrons. The van der Waals surface area contributed by atoms with Gasteiger partial charge in [0.1, 0.15) is 5.82 Å². The van der Waals surface area contributed by atoms with E-state index >= 15 is 0 Å². The number of nitrogens with one attached hydrogen (secondary N) is 2. The van der Waals surface area contributed by atoms with E-state index in [0.29, 0.717) is 0 Å². The number of imidazole rings is 1. The molecule has 0 unspecified atom stereocenters. The molecule has 4 heteroatoms. The van der Waals surface area contributed by atoms with Gasteiger partial charge in [0.2, 0.25) is 0 Å². The van der Waals surface area contributed by atoms with Crippen molar-refractivity contribution >= 4 is 11.6 Å². The second kappa shape index (κ2) is 4.96. The molecular weight excluding hydrogens is 210 g/mol. The van der Waals surface area contributed by atoms with Crippen molar-refractivity contribution in [2.75, 3.05) is 0 Å². The molecule has 1 aromatic carbocycles. The Morgan fingerprint density at radius 3 is 2.67 bits per heavy atom. The highest BCUT2D eigenvalue weighted by molar-refractivity contribution is 6.30. The van der Waals surface area contributed by atoms with Crippen LogP contribution in [0.1, 0.15) is 11.4 Å². The van der Waals surface area contributed by atoms with Crippen molar-refractivity contribution in [2.24, 2.45) is 0 Å². The quantitative estimate of drug-likeness (QED) is 0.832. The highest BCUT2D eigenvalue weighted by atomic mass is 35.5. The summed E-state index contributed by atoms with van der Waals surface area (Å²) in [7, 11) is 0. The van der Waals surface area contributed by atoms with Gasteiger partial charge in [0.05, 0.1) is 6.54 Å². The normalized spacial score (nSPS) is 10.5. The Bertz CT molecular complexity index is 394. The summed E-state index contributed by atoms with van der Waals surface area (Å²) >= 11 is 5.79. The van der Waals surface area contributed by atoms with Crippen molar-refractivity contribution in [1.82, 2.24) is 15.3 Å². The maximum atomic E-state index is 5.79. The molecule has 15 heavy (non-hydrogen) atoms. The van der Waals surface area contributed by atoms with Crippen LogP contribution in [0.3, 0.4) is 0 Å². The smallest absolute Gasteiger partial charge is 0.120 e. The first kappa shape index (κ1) is 10.2. The van der Waals surface area contributed by atoms with Crippen molar-refractivity contribution < 1.29 is 0 Å². The van der Waals surface area contributed by atoms with E-state index in [2.05, 4.69) is 15.3 Å². The fourth-order valence-electron chi connectivity index (χ4n) is 1.32. The number of H-pyrrole nitrogens is 1. The third-order valence-corrected chi connectivity index (χ3v) is 2.34. The van der Waals surface area contributed by atoms with Crippen molar-refractivity contribution in [3.8, 4) is 0 Å². The highest BCUT2D eigenvalue weighted by Crippen LogP contribution is 2.09. The van der Waals surface area contributed by atoms with Gasteiger partial charge in [0.25, 0.3) is 0 Å². The van der Waals surface area contributed by atoms with E-state index < -0.39 is 0 Å². The van der Waals surface area contributed by atoms with Crippen LogP contribution in [0.4, 0.5) is 0 Å². The fourth-order valence-corrected chi connectivity index (χ4v) is 1.45. The summed E-state index contributed by atoms with van der Waals surface area (Å²) in [5.74, 6) is 0.948. The summed E-state index contributed by atoms with van der Waals surface area (Å²) in [5, 5.41) is 4.06. The van der Waals surface area contributed by atoms with Gasteiger partial charge in [-0.15, -0.1) is 0 Å². The number of hydrogen-bond donors (Lipinski definition) is 2. The molecule has 0 atom stereocenters. The molecule has 0 bridgehead atoms. The number of hydrogen-bond acceptors (Lipinski definition) is 2. The van der Waals surface area contributed by atoms with Crippen LogP contribution in [0.25, 0.3) is 0 Å². The topological polar surface area (TPSA) is 40.7 Å². The predicted octanol–water partition coefficient (Wildman–Crippen LogP) is 2.35. The lowest BCUT2D eigenvalue weighted by molar-refractivity contribution is 0.669. The molecule has 78 valence electrons. The largest absolute Gasteiger partial charge is 0.348 e.